The van der Waals surface area contributed by atoms with Gasteiger partial charge >= 0.3 is 12.2 Å². The highest BCUT2D eigenvalue weighted by Crippen LogP contribution is 2.28. The number of aliphatic hydroxyl groups excluding tert-OH is 1. The van der Waals surface area contributed by atoms with Crippen molar-refractivity contribution >= 4 is 35.4 Å². The van der Waals surface area contributed by atoms with E-state index in [1.165, 1.54) is 5.56 Å². The Bertz CT molecular complexity index is 1080. The van der Waals surface area contributed by atoms with E-state index in [1.54, 1.807) is 4.90 Å². The van der Waals surface area contributed by atoms with Crippen LogP contribution in [0.15, 0.2) is 48.5 Å². The third-order valence-corrected chi connectivity index (χ3v) is 7.55. The summed E-state index contributed by atoms with van der Waals surface area (Å²) in [6.45, 7) is 14.5. The van der Waals surface area contributed by atoms with Crippen molar-refractivity contribution < 1.29 is 24.2 Å². The fourth-order valence-electron chi connectivity index (χ4n) is 5.30. The first kappa shape index (κ1) is 34.0. The Labute approximate surface area is 261 Å². The first-order valence-corrected chi connectivity index (χ1v) is 15.4. The molecule has 2 aromatic rings. The van der Waals surface area contributed by atoms with Crippen molar-refractivity contribution in [1.29, 1.82) is 0 Å². The van der Waals surface area contributed by atoms with Crippen LogP contribution in [-0.4, -0.2) is 69.6 Å². The van der Waals surface area contributed by atoms with Gasteiger partial charge in [-0.05, 0) is 109 Å². The van der Waals surface area contributed by atoms with Gasteiger partial charge in [-0.15, -0.1) is 0 Å². The molecule has 2 aliphatic heterocycles. The number of hydrogen-bond acceptors (Lipinski definition) is 5. The van der Waals surface area contributed by atoms with Gasteiger partial charge in [0.1, 0.15) is 11.2 Å². The zero-order chi connectivity index (χ0) is 31.2. The highest BCUT2D eigenvalue weighted by molar-refractivity contribution is 6.30. The molecule has 0 spiro atoms. The Hall–Kier alpha value is -2.48. The maximum Gasteiger partial charge on any atom is 0.410 e. The number of amides is 2. The van der Waals surface area contributed by atoms with Crippen LogP contribution in [0.3, 0.4) is 0 Å². The lowest BCUT2D eigenvalue weighted by molar-refractivity contribution is 0.0203. The van der Waals surface area contributed by atoms with E-state index in [1.807, 2.05) is 95.0 Å². The number of carbonyl (C=O) groups excluding carboxylic acids is 2. The molecule has 0 aromatic heterocycles. The van der Waals surface area contributed by atoms with Crippen LogP contribution in [0.5, 0.6) is 0 Å². The summed E-state index contributed by atoms with van der Waals surface area (Å²) in [5.74, 6) is 0.509. The molecule has 0 bridgehead atoms. The SMILES string of the molecule is CC(C)(C)OC(=O)N1C[C@@H](O)C[C@@H]1Cc1ccc(Cl)cc1.C[C@H]1C[C@H](Cc2ccc(Cl)cc2)N(C(=O)OC(C)(C)C)C1. The van der Waals surface area contributed by atoms with Gasteiger partial charge in [0, 0.05) is 28.7 Å². The minimum Gasteiger partial charge on any atom is -0.444 e. The van der Waals surface area contributed by atoms with Crippen molar-refractivity contribution in [2.45, 2.75) is 104 Å². The average Bonchev–Trinajstić information content (AvgIpc) is 3.42. The number of aliphatic hydroxyl groups is 1. The van der Waals surface area contributed by atoms with Crippen LogP contribution in [0, 0.1) is 5.92 Å². The number of likely N-dealkylation sites (tertiary alicyclic amines) is 2. The number of hydrogen-bond donors (Lipinski definition) is 1. The number of carbonyl (C=O) groups is 2. The molecule has 1 N–H and O–H groups in total. The molecule has 2 amide bonds. The largest absolute Gasteiger partial charge is 0.444 e. The average molecular weight is 622 g/mol. The van der Waals surface area contributed by atoms with E-state index in [-0.39, 0.29) is 24.3 Å². The van der Waals surface area contributed by atoms with Gasteiger partial charge in [-0.1, -0.05) is 54.4 Å². The molecular formula is C33H46Cl2N2O5. The summed E-state index contributed by atoms with van der Waals surface area (Å²) >= 11 is 11.8. The number of benzene rings is 2. The van der Waals surface area contributed by atoms with E-state index in [9.17, 15) is 14.7 Å². The van der Waals surface area contributed by atoms with E-state index >= 15 is 0 Å². The van der Waals surface area contributed by atoms with Gasteiger partial charge in [0.25, 0.3) is 0 Å². The Balaban J connectivity index is 0.000000230. The van der Waals surface area contributed by atoms with Gasteiger partial charge in [-0.2, -0.15) is 0 Å². The molecule has 2 aliphatic rings. The molecule has 2 heterocycles. The van der Waals surface area contributed by atoms with E-state index in [4.69, 9.17) is 32.7 Å². The molecule has 2 saturated heterocycles. The Morgan fingerprint density at radius 3 is 1.52 bits per heavy atom. The molecule has 4 atom stereocenters. The molecule has 0 unspecified atom stereocenters. The maximum atomic E-state index is 12.3. The third-order valence-electron chi connectivity index (χ3n) is 7.04. The van der Waals surface area contributed by atoms with Gasteiger partial charge in [0.2, 0.25) is 0 Å². The zero-order valence-corrected chi connectivity index (χ0v) is 27.4. The molecule has 4 rings (SSSR count). The second kappa shape index (κ2) is 14.3. The smallest absolute Gasteiger partial charge is 0.410 e. The van der Waals surface area contributed by atoms with E-state index in [0.29, 0.717) is 30.3 Å². The van der Waals surface area contributed by atoms with Crippen LogP contribution in [0.1, 0.15) is 72.4 Å². The first-order valence-electron chi connectivity index (χ1n) is 14.7. The molecule has 2 fully saturated rings. The van der Waals surface area contributed by atoms with Crippen LogP contribution < -0.4 is 0 Å². The lowest BCUT2D eigenvalue weighted by atomic mass is 10.0. The summed E-state index contributed by atoms with van der Waals surface area (Å²) in [7, 11) is 0. The minimum atomic E-state index is -0.532. The number of ether oxygens (including phenoxy) is 2. The Morgan fingerprint density at radius 2 is 1.12 bits per heavy atom. The maximum absolute atomic E-state index is 12.3. The fraction of sp³-hybridized carbons (Fsp3) is 0.576. The monoisotopic (exact) mass is 620 g/mol. The van der Waals surface area contributed by atoms with Crippen molar-refractivity contribution in [3.8, 4) is 0 Å². The fourth-order valence-corrected chi connectivity index (χ4v) is 5.56. The van der Waals surface area contributed by atoms with Crippen LogP contribution in [-0.2, 0) is 22.3 Å². The zero-order valence-electron chi connectivity index (χ0n) is 25.9. The summed E-state index contributed by atoms with van der Waals surface area (Å²) in [5.41, 5.74) is 1.31. The minimum absolute atomic E-state index is 0.0453. The van der Waals surface area contributed by atoms with Crippen LogP contribution in [0.2, 0.25) is 10.0 Å². The highest BCUT2D eigenvalue weighted by atomic mass is 35.5. The standard InChI is InChI=1S/C17H24ClNO2.C16H22ClNO3/c1-12-9-15(10-13-5-7-14(18)8-6-13)19(11-12)16(20)21-17(2,3)4;1-16(2,3)21-15(20)18-10-14(19)9-13(18)8-11-4-6-12(17)7-5-11/h5-8,12,15H,9-11H2,1-4H3;4-7,13-14,19H,8-10H2,1-3H3/t12-,15+;13-,14-/m00/s1. The molecule has 2 aromatic carbocycles. The van der Waals surface area contributed by atoms with Crippen molar-refractivity contribution in [2.75, 3.05) is 13.1 Å². The Kier molecular flexibility index (Phi) is 11.6. The summed E-state index contributed by atoms with van der Waals surface area (Å²) in [4.78, 5) is 28.1. The summed E-state index contributed by atoms with van der Waals surface area (Å²) in [6, 6.07) is 15.6. The van der Waals surface area contributed by atoms with E-state index < -0.39 is 17.3 Å². The van der Waals surface area contributed by atoms with Crippen molar-refractivity contribution in [3.63, 3.8) is 0 Å². The van der Waals surface area contributed by atoms with Crippen LogP contribution >= 0.6 is 23.2 Å². The van der Waals surface area contributed by atoms with Gasteiger partial charge in [0.15, 0.2) is 0 Å². The topological polar surface area (TPSA) is 79.3 Å². The molecule has 7 nitrogen and oxygen atoms in total. The number of nitrogens with zero attached hydrogens (tertiary/aromatic N) is 2. The predicted octanol–water partition coefficient (Wildman–Crippen LogP) is 7.78. The highest BCUT2D eigenvalue weighted by Gasteiger charge is 2.37. The first-order chi connectivity index (χ1) is 19.5. The summed E-state index contributed by atoms with van der Waals surface area (Å²) in [5, 5.41) is 11.3. The molecular weight excluding hydrogens is 575 g/mol. The quantitative estimate of drug-likeness (QED) is 0.377. The molecule has 232 valence electrons. The van der Waals surface area contributed by atoms with E-state index in [0.717, 1.165) is 30.0 Å². The molecule has 0 aliphatic carbocycles. The van der Waals surface area contributed by atoms with Gasteiger partial charge in [-0.3, -0.25) is 0 Å². The molecule has 42 heavy (non-hydrogen) atoms. The van der Waals surface area contributed by atoms with Crippen molar-refractivity contribution in [2.24, 2.45) is 5.92 Å². The predicted molar refractivity (Wildman–Crippen MR) is 168 cm³/mol. The second-order valence-corrected chi connectivity index (χ2v) is 14.3. The number of β-amino-alcohol motifs (C(OH)–C–C–N with tert-alkyl or cyclic N) is 1. The molecule has 0 saturated carbocycles. The van der Waals surface area contributed by atoms with Gasteiger partial charge in [0.05, 0.1) is 12.6 Å². The van der Waals surface area contributed by atoms with Crippen LogP contribution in [0.25, 0.3) is 0 Å². The normalized spacial score (nSPS) is 22.4. The van der Waals surface area contributed by atoms with Crippen LogP contribution in [0.4, 0.5) is 9.59 Å². The second-order valence-electron chi connectivity index (χ2n) is 13.5. The van der Waals surface area contributed by atoms with Crippen molar-refractivity contribution in [3.05, 3.63) is 69.7 Å². The molecule has 0 radical (unpaired) electrons. The summed E-state index contributed by atoms with van der Waals surface area (Å²) < 4.78 is 10.9. The summed E-state index contributed by atoms with van der Waals surface area (Å²) in [6.07, 6.45) is 2.07. The van der Waals surface area contributed by atoms with Gasteiger partial charge in [-0.25, -0.2) is 9.59 Å². The lowest BCUT2D eigenvalue weighted by Crippen LogP contribution is -2.41. The van der Waals surface area contributed by atoms with Crippen molar-refractivity contribution in [1.82, 2.24) is 9.80 Å². The third kappa shape index (κ3) is 11.0. The molecule has 9 heteroatoms. The Morgan fingerprint density at radius 1 is 0.738 bits per heavy atom. The lowest BCUT2D eigenvalue weighted by Gasteiger charge is -2.28. The number of rotatable bonds is 4. The van der Waals surface area contributed by atoms with E-state index in [2.05, 4.69) is 6.92 Å². The van der Waals surface area contributed by atoms with Gasteiger partial charge < -0.3 is 24.4 Å². The number of halogens is 2.